The number of allylic oxidation sites excluding steroid dienone is 7. The topological polar surface area (TPSA) is 111 Å². The lowest BCUT2D eigenvalue weighted by Crippen LogP contribution is -2.52. The van der Waals surface area contributed by atoms with Gasteiger partial charge in [-0.15, -0.1) is 11.6 Å². The Morgan fingerprint density at radius 2 is 1.85 bits per heavy atom. The van der Waals surface area contributed by atoms with Crippen LogP contribution >= 0.6 is 11.6 Å². The Balaban J connectivity index is 2.65. The summed E-state index contributed by atoms with van der Waals surface area (Å²) in [5.41, 5.74) is 0.388. The minimum atomic E-state index is -0.802. The van der Waals surface area contributed by atoms with Crippen molar-refractivity contribution in [3.05, 3.63) is 72.2 Å². The van der Waals surface area contributed by atoms with Gasteiger partial charge in [0, 0.05) is 36.4 Å². The van der Waals surface area contributed by atoms with Crippen molar-refractivity contribution in [1.29, 1.82) is 0 Å². The van der Waals surface area contributed by atoms with Crippen LogP contribution in [0.2, 0.25) is 0 Å². The minimum absolute atomic E-state index is 0.00966. The molecule has 0 fully saturated rings. The van der Waals surface area contributed by atoms with Crippen LogP contribution in [-0.2, 0) is 28.7 Å². The van der Waals surface area contributed by atoms with Crippen LogP contribution in [0.3, 0.4) is 0 Å². The molecule has 8 nitrogen and oxygen atoms in total. The summed E-state index contributed by atoms with van der Waals surface area (Å²) in [6.45, 7) is 11.2. The molecule has 1 aliphatic heterocycles. The van der Waals surface area contributed by atoms with Gasteiger partial charge >= 0.3 is 5.97 Å². The van der Waals surface area contributed by atoms with Gasteiger partial charge in [-0.25, -0.2) is 4.79 Å². The highest BCUT2D eigenvalue weighted by Gasteiger charge is 2.32. The average Bonchev–Trinajstić information content (AvgIpc) is 2.85. The molecule has 1 rings (SSSR count). The number of esters is 1. The second-order valence-corrected chi connectivity index (χ2v) is 11.1. The zero-order valence-electron chi connectivity index (χ0n) is 23.8. The van der Waals surface area contributed by atoms with Crippen molar-refractivity contribution in [2.24, 2.45) is 11.3 Å². The summed E-state index contributed by atoms with van der Waals surface area (Å²) in [4.78, 5) is 48.8. The molecule has 4 atom stereocenters. The van der Waals surface area contributed by atoms with Crippen molar-refractivity contribution >= 4 is 35.2 Å². The standard InChI is InChI=1S/C30H41ClN2O6/c1-20(19-21(2)24-16-17-25(38-7)29(37)39-24)11-8-9-13-26(35)33-27(30(4,5)6)28(36)32-18-10-12-23(34)15-14-22(3)31/h8-11,13-15,17-19,21-22,24,27H,12,16H2,1-7H3,(H,32,36)(H,33,35)/t21-,22?,24-,27+/m0/s1. The van der Waals surface area contributed by atoms with Gasteiger partial charge in [0.2, 0.25) is 11.8 Å². The van der Waals surface area contributed by atoms with E-state index in [0.29, 0.717) is 6.42 Å². The van der Waals surface area contributed by atoms with Crippen LogP contribution in [-0.4, -0.2) is 48.2 Å². The first-order chi connectivity index (χ1) is 18.2. The van der Waals surface area contributed by atoms with Crippen LogP contribution in [0, 0.1) is 11.3 Å². The monoisotopic (exact) mass is 560 g/mol. The average molecular weight is 561 g/mol. The molecule has 0 spiro atoms. The quantitative estimate of drug-likeness (QED) is 0.144. The van der Waals surface area contributed by atoms with E-state index in [1.807, 2.05) is 46.8 Å². The van der Waals surface area contributed by atoms with Crippen molar-refractivity contribution in [2.75, 3.05) is 7.11 Å². The summed E-state index contributed by atoms with van der Waals surface area (Å²) in [5, 5.41) is 5.13. The summed E-state index contributed by atoms with van der Waals surface area (Å²) in [6.07, 6.45) is 16.6. The smallest absolute Gasteiger partial charge is 0.373 e. The molecule has 0 saturated carbocycles. The van der Waals surface area contributed by atoms with Crippen LogP contribution in [0.4, 0.5) is 0 Å². The third-order valence-electron chi connectivity index (χ3n) is 5.67. The molecule has 2 N–H and O–H groups in total. The fourth-order valence-electron chi connectivity index (χ4n) is 3.54. The lowest BCUT2D eigenvalue weighted by atomic mass is 9.86. The Labute approximate surface area is 236 Å². The fraction of sp³-hybridized carbons (Fsp3) is 0.467. The molecule has 1 heterocycles. The number of cyclic esters (lactones) is 1. The molecule has 9 heteroatoms. The highest BCUT2D eigenvalue weighted by atomic mass is 35.5. The maximum atomic E-state index is 12.7. The number of ether oxygens (including phenoxy) is 2. The largest absolute Gasteiger partial charge is 0.490 e. The molecule has 0 aromatic rings. The van der Waals surface area contributed by atoms with E-state index < -0.39 is 29.2 Å². The molecule has 0 saturated heterocycles. The van der Waals surface area contributed by atoms with Gasteiger partial charge in [-0.2, -0.15) is 0 Å². The third-order valence-corrected chi connectivity index (χ3v) is 5.82. The Bertz CT molecular complexity index is 1060. The van der Waals surface area contributed by atoms with E-state index in [-0.39, 0.29) is 35.4 Å². The van der Waals surface area contributed by atoms with Crippen molar-refractivity contribution in [3.8, 4) is 0 Å². The number of hydrogen-bond donors (Lipinski definition) is 2. The van der Waals surface area contributed by atoms with Gasteiger partial charge in [-0.1, -0.05) is 69.7 Å². The number of carbonyl (C=O) groups excluding carboxylic acids is 4. The zero-order chi connectivity index (χ0) is 29.6. The molecule has 0 aromatic heterocycles. The Morgan fingerprint density at radius 3 is 2.44 bits per heavy atom. The summed E-state index contributed by atoms with van der Waals surface area (Å²) < 4.78 is 10.4. The normalized spacial score (nSPS) is 19.2. The van der Waals surface area contributed by atoms with Crippen molar-refractivity contribution in [3.63, 3.8) is 0 Å². The molecule has 1 aliphatic rings. The van der Waals surface area contributed by atoms with Crippen molar-refractivity contribution < 1.29 is 28.7 Å². The first-order valence-corrected chi connectivity index (χ1v) is 13.3. The van der Waals surface area contributed by atoms with E-state index in [0.717, 1.165) is 5.57 Å². The number of halogens is 1. The number of nitrogens with one attached hydrogen (secondary N) is 2. The summed E-state index contributed by atoms with van der Waals surface area (Å²) in [5.74, 6) is -1.19. The van der Waals surface area contributed by atoms with Gasteiger partial charge in [0.1, 0.15) is 12.1 Å². The highest BCUT2D eigenvalue weighted by Crippen LogP contribution is 2.23. The summed E-state index contributed by atoms with van der Waals surface area (Å²) in [7, 11) is 1.44. The van der Waals surface area contributed by atoms with Crippen molar-refractivity contribution in [2.45, 2.75) is 71.9 Å². The molecule has 2 amide bonds. The predicted octanol–water partition coefficient (Wildman–Crippen LogP) is 4.83. The number of carbonyl (C=O) groups is 4. The molecule has 0 aromatic carbocycles. The van der Waals surface area contributed by atoms with Crippen LogP contribution in [0.1, 0.15) is 54.4 Å². The highest BCUT2D eigenvalue weighted by molar-refractivity contribution is 6.21. The van der Waals surface area contributed by atoms with Crippen LogP contribution in [0.25, 0.3) is 0 Å². The number of methoxy groups -OCH3 is 1. The molecule has 0 aliphatic carbocycles. The number of hydrogen-bond acceptors (Lipinski definition) is 6. The molecule has 1 unspecified atom stereocenters. The maximum absolute atomic E-state index is 12.7. The van der Waals surface area contributed by atoms with Crippen LogP contribution < -0.4 is 10.6 Å². The van der Waals surface area contributed by atoms with E-state index in [2.05, 4.69) is 10.6 Å². The summed E-state index contributed by atoms with van der Waals surface area (Å²) >= 11 is 5.78. The fourth-order valence-corrected chi connectivity index (χ4v) is 3.61. The predicted molar refractivity (Wildman–Crippen MR) is 154 cm³/mol. The summed E-state index contributed by atoms with van der Waals surface area (Å²) in [6, 6.07) is -0.802. The molecular formula is C30H41ClN2O6. The molecule has 0 radical (unpaired) electrons. The number of amides is 2. The zero-order valence-corrected chi connectivity index (χ0v) is 24.6. The third kappa shape index (κ3) is 13.3. The number of alkyl halides is 1. The van der Waals surface area contributed by atoms with E-state index in [1.165, 1.54) is 31.5 Å². The molecule has 214 valence electrons. The van der Waals surface area contributed by atoms with Gasteiger partial charge in [0.05, 0.1) is 7.11 Å². The second-order valence-electron chi connectivity index (χ2n) is 10.4. The maximum Gasteiger partial charge on any atom is 0.373 e. The molecule has 0 bridgehead atoms. The van der Waals surface area contributed by atoms with E-state index in [1.54, 1.807) is 31.2 Å². The van der Waals surface area contributed by atoms with Gasteiger partial charge in [0.25, 0.3) is 0 Å². The lowest BCUT2D eigenvalue weighted by Gasteiger charge is -2.29. The van der Waals surface area contributed by atoms with E-state index >= 15 is 0 Å². The lowest BCUT2D eigenvalue weighted by molar-refractivity contribution is -0.151. The Kier molecular flexibility index (Phi) is 14.3. The number of ketones is 1. The SMILES string of the molecule is COC1=CC[C@@H]([C@@H](C)C=C(C)C=CC=CC(=O)N[C@H](C(=O)NC=CCC(=O)C=CC(C)Cl)C(C)(C)C)OC1=O. The second kappa shape index (κ2) is 16.5. The Morgan fingerprint density at radius 1 is 1.18 bits per heavy atom. The minimum Gasteiger partial charge on any atom is -0.490 e. The van der Waals surface area contributed by atoms with Gasteiger partial charge in [-0.05, 0) is 31.4 Å². The van der Waals surface area contributed by atoms with Crippen LogP contribution in [0.5, 0.6) is 0 Å². The van der Waals surface area contributed by atoms with Crippen molar-refractivity contribution in [1.82, 2.24) is 10.6 Å². The first-order valence-electron chi connectivity index (χ1n) is 12.8. The van der Waals surface area contributed by atoms with E-state index in [9.17, 15) is 19.2 Å². The van der Waals surface area contributed by atoms with Gasteiger partial charge < -0.3 is 20.1 Å². The first kappa shape index (κ1) is 33.6. The van der Waals surface area contributed by atoms with E-state index in [4.69, 9.17) is 21.1 Å². The molecule has 39 heavy (non-hydrogen) atoms. The molecular weight excluding hydrogens is 520 g/mol. The van der Waals surface area contributed by atoms with Gasteiger partial charge in [0.15, 0.2) is 11.5 Å². The number of rotatable bonds is 13. The Hall–Kier alpha value is -3.39. The van der Waals surface area contributed by atoms with Crippen LogP contribution in [0.15, 0.2) is 72.2 Å². The van der Waals surface area contributed by atoms with Gasteiger partial charge in [-0.3, -0.25) is 14.4 Å².